The van der Waals surface area contributed by atoms with Crippen LogP contribution < -0.4 is 5.73 Å². The van der Waals surface area contributed by atoms with Crippen molar-refractivity contribution in [3.05, 3.63) is 35.6 Å². The second kappa shape index (κ2) is 3.87. The molecule has 0 fully saturated rings. The molecule has 1 unspecified atom stereocenters. The Kier molecular flexibility index (Phi) is 2.68. The Morgan fingerprint density at radius 3 is 2.50 bits per heavy atom. The average Bonchev–Trinajstić information content (AvgIpc) is 2.60. The van der Waals surface area contributed by atoms with Crippen LogP contribution in [-0.2, 0) is 0 Å². The van der Waals surface area contributed by atoms with Gasteiger partial charge < -0.3 is 10.2 Å². The van der Waals surface area contributed by atoms with Gasteiger partial charge in [-0.25, -0.2) is 8.78 Å². The Balaban J connectivity index is 2.56. The molecule has 2 N–H and O–H groups in total. The van der Waals surface area contributed by atoms with E-state index in [9.17, 15) is 8.78 Å². The average molecular weight is 225 g/mol. The minimum Gasteiger partial charge on any atom is -0.456 e. The maximum Gasteiger partial charge on any atom is 0.170 e. The van der Waals surface area contributed by atoms with Gasteiger partial charge in [0.15, 0.2) is 11.4 Å². The minimum absolute atomic E-state index is 0.0625. The SMILES string of the molecule is CC(C)C(N)c1cc2cc(F)cc(F)c2o1. The molecule has 0 amide bonds. The van der Waals surface area contributed by atoms with Crippen molar-refractivity contribution in [2.75, 3.05) is 0 Å². The van der Waals surface area contributed by atoms with Gasteiger partial charge >= 0.3 is 0 Å². The smallest absolute Gasteiger partial charge is 0.170 e. The lowest BCUT2D eigenvalue weighted by Gasteiger charge is -2.11. The van der Waals surface area contributed by atoms with Crippen LogP contribution in [0, 0.1) is 17.6 Å². The molecule has 0 aliphatic rings. The fraction of sp³-hybridized carbons (Fsp3) is 0.333. The topological polar surface area (TPSA) is 39.2 Å². The Labute approximate surface area is 92.0 Å². The van der Waals surface area contributed by atoms with E-state index in [0.717, 1.165) is 6.07 Å². The molecule has 2 rings (SSSR count). The van der Waals surface area contributed by atoms with Crippen molar-refractivity contribution in [2.24, 2.45) is 11.7 Å². The molecule has 4 heteroatoms. The molecule has 1 aromatic carbocycles. The summed E-state index contributed by atoms with van der Waals surface area (Å²) in [6, 6.07) is 3.32. The number of benzene rings is 1. The van der Waals surface area contributed by atoms with E-state index in [0.29, 0.717) is 11.1 Å². The summed E-state index contributed by atoms with van der Waals surface area (Å²) in [5.74, 6) is -0.657. The number of nitrogens with two attached hydrogens (primary N) is 1. The second-order valence-corrected chi connectivity index (χ2v) is 4.22. The van der Waals surface area contributed by atoms with E-state index in [1.807, 2.05) is 13.8 Å². The number of fused-ring (bicyclic) bond motifs is 1. The zero-order valence-electron chi connectivity index (χ0n) is 9.13. The van der Waals surface area contributed by atoms with Crippen LogP contribution in [0.4, 0.5) is 8.78 Å². The lowest BCUT2D eigenvalue weighted by molar-refractivity contribution is 0.412. The van der Waals surface area contributed by atoms with Crippen LogP contribution in [0.2, 0.25) is 0 Å². The van der Waals surface area contributed by atoms with Gasteiger partial charge in [-0.2, -0.15) is 0 Å². The summed E-state index contributed by atoms with van der Waals surface area (Å²) in [4.78, 5) is 0. The third kappa shape index (κ3) is 1.80. The lowest BCUT2D eigenvalue weighted by Crippen LogP contribution is -2.15. The van der Waals surface area contributed by atoms with Gasteiger partial charge in [0.25, 0.3) is 0 Å². The molecule has 2 nitrogen and oxygen atoms in total. The van der Waals surface area contributed by atoms with Crippen LogP contribution in [-0.4, -0.2) is 0 Å². The molecule has 0 spiro atoms. The van der Waals surface area contributed by atoms with Gasteiger partial charge in [-0.1, -0.05) is 13.8 Å². The first kappa shape index (κ1) is 11.1. The summed E-state index contributed by atoms with van der Waals surface area (Å²) in [7, 11) is 0. The van der Waals surface area contributed by atoms with E-state index in [1.54, 1.807) is 6.07 Å². The fourth-order valence-electron chi connectivity index (χ4n) is 1.59. The van der Waals surface area contributed by atoms with E-state index in [-0.39, 0.29) is 17.5 Å². The normalized spacial score (nSPS) is 13.6. The first-order valence-corrected chi connectivity index (χ1v) is 5.13. The van der Waals surface area contributed by atoms with E-state index in [4.69, 9.17) is 10.2 Å². The molecule has 0 bridgehead atoms. The fourth-order valence-corrected chi connectivity index (χ4v) is 1.59. The van der Waals surface area contributed by atoms with Crippen LogP contribution in [0.15, 0.2) is 22.6 Å². The molecule has 0 saturated heterocycles. The van der Waals surface area contributed by atoms with Crippen molar-refractivity contribution in [1.29, 1.82) is 0 Å². The highest BCUT2D eigenvalue weighted by Crippen LogP contribution is 2.28. The van der Waals surface area contributed by atoms with Crippen LogP contribution in [0.1, 0.15) is 25.6 Å². The molecule has 1 heterocycles. The van der Waals surface area contributed by atoms with Crippen LogP contribution in [0.25, 0.3) is 11.0 Å². The molecule has 0 radical (unpaired) electrons. The van der Waals surface area contributed by atoms with Crippen molar-refractivity contribution < 1.29 is 13.2 Å². The third-order valence-corrected chi connectivity index (χ3v) is 2.60. The van der Waals surface area contributed by atoms with E-state index in [2.05, 4.69) is 0 Å². The molecule has 0 aliphatic carbocycles. The molecular formula is C12H13F2NO. The number of hydrogen-bond donors (Lipinski definition) is 1. The Bertz CT molecular complexity index is 519. The number of halogens is 2. The monoisotopic (exact) mass is 225 g/mol. The standard InChI is InChI=1S/C12H13F2NO/c1-6(2)11(15)10-4-7-3-8(13)5-9(14)12(7)16-10/h3-6,11H,15H2,1-2H3. The number of hydrogen-bond acceptors (Lipinski definition) is 2. The molecular weight excluding hydrogens is 212 g/mol. The third-order valence-electron chi connectivity index (χ3n) is 2.60. The lowest BCUT2D eigenvalue weighted by atomic mass is 10.0. The van der Waals surface area contributed by atoms with Gasteiger partial charge in [0.1, 0.15) is 11.6 Å². The van der Waals surface area contributed by atoms with Crippen molar-refractivity contribution in [3.8, 4) is 0 Å². The van der Waals surface area contributed by atoms with E-state index < -0.39 is 11.6 Å². The summed E-state index contributed by atoms with van der Waals surface area (Å²) in [6.07, 6.45) is 0. The van der Waals surface area contributed by atoms with Crippen molar-refractivity contribution in [2.45, 2.75) is 19.9 Å². The van der Waals surface area contributed by atoms with Crippen molar-refractivity contribution in [1.82, 2.24) is 0 Å². The molecule has 2 aromatic rings. The van der Waals surface area contributed by atoms with E-state index in [1.165, 1.54) is 6.07 Å². The molecule has 16 heavy (non-hydrogen) atoms. The van der Waals surface area contributed by atoms with Gasteiger partial charge in [-0.05, 0) is 18.1 Å². The van der Waals surface area contributed by atoms with Gasteiger partial charge in [-0.3, -0.25) is 0 Å². The Morgan fingerprint density at radius 2 is 1.88 bits per heavy atom. The highest BCUT2D eigenvalue weighted by Gasteiger charge is 2.17. The maximum absolute atomic E-state index is 13.4. The summed E-state index contributed by atoms with van der Waals surface area (Å²) in [5.41, 5.74) is 5.94. The van der Waals surface area contributed by atoms with Gasteiger partial charge in [0.05, 0.1) is 6.04 Å². The Morgan fingerprint density at radius 1 is 1.19 bits per heavy atom. The van der Waals surface area contributed by atoms with Gasteiger partial charge in [0.2, 0.25) is 0 Å². The maximum atomic E-state index is 13.4. The molecule has 1 atom stereocenters. The summed E-state index contributed by atoms with van der Waals surface area (Å²) < 4.78 is 31.6. The number of rotatable bonds is 2. The second-order valence-electron chi connectivity index (χ2n) is 4.22. The van der Waals surface area contributed by atoms with Gasteiger partial charge in [0, 0.05) is 11.5 Å². The molecule has 0 aliphatic heterocycles. The summed E-state index contributed by atoms with van der Waals surface area (Å²) >= 11 is 0. The molecule has 1 aromatic heterocycles. The first-order chi connectivity index (χ1) is 7.49. The zero-order valence-corrected chi connectivity index (χ0v) is 9.13. The first-order valence-electron chi connectivity index (χ1n) is 5.13. The quantitative estimate of drug-likeness (QED) is 0.851. The molecule has 0 saturated carbocycles. The summed E-state index contributed by atoms with van der Waals surface area (Å²) in [6.45, 7) is 3.88. The van der Waals surface area contributed by atoms with Crippen molar-refractivity contribution >= 4 is 11.0 Å². The van der Waals surface area contributed by atoms with Crippen LogP contribution in [0.5, 0.6) is 0 Å². The number of furan rings is 1. The minimum atomic E-state index is -0.697. The Hall–Kier alpha value is -1.42. The largest absolute Gasteiger partial charge is 0.456 e. The zero-order chi connectivity index (χ0) is 11.9. The van der Waals surface area contributed by atoms with Gasteiger partial charge in [-0.15, -0.1) is 0 Å². The highest BCUT2D eigenvalue weighted by molar-refractivity contribution is 5.78. The van der Waals surface area contributed by atoms with Crippen LogP contribution in [0.3, 0.4) is 0 Å². The predicted octanol–water partition coefficient (Wildman–Crippen LogP) is 3.37. The highest BCUT2D eigenvalue weighted by atomic mass is 19.1. The predicted molar refractivity (Wildman–Crippen MR) is 57.9 cm³/mol. The molecule has 86 valence electrons. The van der Waals surface area contributed by atoms with E-state index >= 15 is 0 Å². The summed E-state index contributed by atoms with van der Waals surface area (Å²) in [5, 5.41) is 0.406. The van der Waals surface area contributed by atoms with Crippen LogP contribution >= 0.6 is 0 Å². The van der Waals surface area contributed by atoms with Crippen molar-refractivity contribution in [3.63, 3.8) is 0 Å².